The van der Waals surface area contributed by atoms with Gasteiger partial charge in [0.05, 0.1) is 24.9 Å². The third-order valence-corrected chi connectivity index (χ3v) is 6.86. The minimum atomic E-state index is -3.45. The predicted molar refractivity (Wildman–Crippen MR) is 110 cm³/mol. The van der Waals surface area contributed by atoms with Gasteiger partial charge in [-0.3, -0.25) is 0 Å². The van der Waals surface area contributed by atoms with E-state index < -0.39 is 9.84 Å². The number of carbonyl (C=O) groups excluding carboxylic acids is 1. The molecule has 0 bridgehead atoms. The van der Waals surface area contributed by atoms with Gasteiger partial charge in [-0.15, -0.1) is 0 Å². The Morgan fingerprint density at radius 3 is 2.52 bits per heavy atom. The summed E-state index contributed by atoms with van der Waals surface area (Å²) in [6.07, 6.45) is 1.47. The van der Waals surface area contributed by atoms with Crippen molar-refractivity contribution in [1.82, 2.24) is 10.2 Å². The molecule has 3 rings (SSSR count). The third-order valence-electron chi connectivity index (χ3n) is 5.04. The van der Waals surface area contributed by atoms with Gasteiger partial charge in [-0.2, -0.15) is 0 Å². The highest BCUT2D eigenvalue weighted by molar-refractivity contribution is 7.91. The molecule has 1 unspecified atom stereocenters. The Morgan fingerprint density at radius 1 is 1.10 bits per heavy atom. The van der Waals surface area contributed by atoms with E-state index in [0.29, 0.717) is 31.0 Å². The summed E-state index contributed by atoms with van der Waals surface area (Å²) in [5, 5.41) is 2.88. The van der Waals surface area contributed by atoms with Crippen molar-refractivity contribution < 1.29 is 22.7 Å². The second kappa shape index (κ2) is 9.17. The summed E-state index contributed by atoms with van der Waals surface area (Å²) < 4.78 is 35.9. The lowest BCUT2D eigenvalue weighted by Crippen LogP contribution is -2.45. The molecule has 1 aliphatic heterocycles. The second-order valence-electron chi connectivity index (χ2n) is 6.93. The highest BCUT2D eigenvalue weighted by Gasteiger charge is 2.33. The van der Waals surface area contributed by atoms with Gasteiger partial charge in [0.25, 0.3) is 0 Å². The number of hydrogen-bond donors (Lipinski definition) is 1. The van der Waals surface area contributed by atoms with Gasteiger partial charge in [-0.25, -0.2) is 13.2 Å². The SMILES string of the molecule is COc1ccc(CNC(=O)N2CCCC2CS(=O)(=O)c2ccccc2)cc1OC. The molecule has 0 saturated carbocycles. The summed E-state index contributed by atoms with van der Waals surface area (Å²) in [6, 6.07) is 13.2. The van der Waals surface area contributed by atoms with Gasteiger partial charge in [0.2, 0.25) is 0 Å². The van der Waals surface area contributed by atoms with Crippen LogP contribution in [0.1, 0.15) is 18.4 Å². The van der Waals surface area contributed by atoms with Gasteiger partial charge in [-0.1, -0.05) is 24.3 Å². The standard InChI is InChI=1S/C21H26N2O5S/c1-27-19-11-10-16(13-20(19)28-2)14-22-21(24)23-12-6-7-17(23)15-29(25,26)18-8-4-3-5-9-18/h3-5,8-11,13,17H,6-7,12,14-15H2,1-2H3,(H,22,24). The van der Waals surface area contributed by atoms with Crippen LogP contribution < -0.4 is 14.8 Å². The maximum atomic E-state index is 12.7. The summed E-state index contributed by atoms with van der Waals surface area (Å²) >= 11 is 0. The predicted octanol–water partition coefficient (Wildman–Crippen LogP) is 2.85. The number of hydrogen-bond acceptors (Lipinski definition) is 5. The molecule has 0 aliphatic carbocycles. The molecule has 0 aromatic heterocycles. The topological polar surface area (TPSA) is 84.9 Å². The van der Waals surface area contributed by atoms with E-state index in [9.17, 15) is 13.2 Å². The average Bonchev–Trinajstić information content (AvgIpc) is 3.19. The van der Waals surface area contributed by atoms with Gasteiger partial charge < -0.3 is 19.7 Å². The molecule has 2 amide bonds. The number of likely N-dealkylation sites (tertiary alicyclic amines) is 1. The summed E-state index contributed by atoms with van der Waals surface area (Å²) in [7, 11) is -0.323. The van der Waals surface area contributed by atoms with Crippen LogP contribution in [0, 0.1) is 0 Å². The molecule has 0 radical (unpaired) electrons. The number of sulfone groups is 1. The molecule has 1 saturated heterocycles. The smallest absolute Gasteiger partial charge is 0.317 e. The fourth-order valence-corrected chi connectivity index (χ4v) is 5.14. The molecule has 29 heavy (non-hydrogen) atoms. The van der Waals surface area contributed by atoms with Crippen LogP contribution in [0.15, 0.2) is 53.4 Å². The fraction of sp³-hybridized carbons (Fsp3) is 0.381. The number of nitrogens with one attached hydrogen (secondary N) is 1. The van der Waals surface area contributed by atoms with E-state index in [1.807, 2.05) is 6.07 Å². The molecule has 1 heterocycles. The van der Waals surface area contributed by atoms with Crippen LogP contribution >= 0.6 is 0 Å². The lowest BCUT2D eigenvalue weighted by atomic mass is 10.2. The van der Waals surface area contributed by atoms with Crippen LogP contribution in [0.4, 0.5) is 4.79 Å². The Kier molecular flexibility index (Phi) is 6.64. The van der Waals surface area contributed by atoms with E-state index in [-0.39, 0.29) is 22.7 Å². The summed E-state index contributed by atoms with van der Waals surface area (Å²) in [4.78, 5) is 14.6. The zero-order chi connectivity index (χ0) is 20.9. The Hall–Kier alpha value is -2.74. The Bertz CT molecular complexity index is 947. The zero-order valence-corrected chi connectivity index (χ0v) is 17.4. The lowest BCUT2D eigenvalue weighted by molar-refractivity contribution is 0.196. The number of benzene rings is 2. The van der Waals surface area contributed by atoms with E-state index in [0.717, 1.165) is 12.0 Å². The molecule has 1 fully saturated rings. The lowest BCUT2D eigenvalue weighted by Gasteiger charge is -2.25. The van der Waals surface area contributed by atoms with Crippen LogP contribution in [0.5, 0.6) is 11.5 Å². The average molecular weight is 419 g/mol. The maximum Gasteiger partial charge on any atom is 0.317 e. The van der Waals surface area contributed by atoms with Gasteiger partial charge >= 0.3 is 6.03 Å². The van der Waals surface area contributed by atoms with E-state index in [4.69, 9.17) is 9.47 Å². The van der Waals surface area contributed by atoms with Crippen molar-refractivity contribution in [2.24, 2.45) is 0 Å². The Morgan fingerprint density at radius 2 is 1.83 bits per heavy atom. The van der Waals surface area contributed by atoms with Gasteiger partial charge in [0.15, 0.2) is 21.3 Å². The van der Waals surface area contributed by atoms with Crippen LogP contribution in [0.2, 0.25) is 0 Å². The number of urea groups is 1. The molecule has 2 aromatic carbocycles. The highest BCUT2D eigenvalue weighted by Crippen LogP contribution is 2.27. The summed E-state index contributed by atoms with van der Waals surface area (Å²) in [5.74, 6) is 1.14. The number of amides is 2. The quantitative estimate of drug-likeness (QED) is 0.747. The van der Waals surface area contributed by atoms with Crippen LogP contribution in [-0.2, 0) is 16.4 Å². The van der Waals surface area contributed by atoms with Crippen LogP contribution in [0.25, 0.3) is 0 Å². The van der Waals surface area contributed by atoms with Crippen molar-refractivity contribution in [1.29, 1.82) is 0 Å². The first kappa shape index (κ1) is 21.0. The third kappa shape index (κ3) is 5.00. The van der Waals surface area contributed by atoms with E-state index in [2.05, 4.69) is 5.32 Å². The van der Waals surface area contributed by atoms with Crippen molar-refractivity contribution in [2.75, 3.05) is 26.5 Å². The number of ether oxygens (including phenoxy) is 2. The molecule has 8 heteroatoms. The van der Waals surface area contributed by atoms with E-state index in [1.165, 1.54) is 0 Å². The van der Waals surface area contributed by atoms with Crippen LogP contribution in [-0.4, -0.2) is 51.9 Å². The molecule has 1 atom stereocenters. The Labute approximate surface area is 171 Å². The van der Waals surface area contributed by atoms with Crippen molar-refractivity contribution in [3.8, 4) is 11.5 Å². The molecule has 7 nitrogen and oxygen atoms in total. The Balaban J connectivity index is 1.63. The van der Waals surface area contributed by atoms with Crippen molar-refractivity contribution in [2.45, 2.75) is 30.3 Å². The van der Waals surface area contributed by atoms with E-state index in [1.54, 1.807) is 61.6 Å². The number of carbonyl (C=O) groups is 1. The maximum absolute atomic E-state index is 12.7. The van der Waals surface area contributed by atoms with E-state index >= 15 is 0 Å². The normalized spacial score (nSPS) is 16.5. The number of nitrogens with zero attached hydrogens (tertiary/aromatic N) is 1. The van der Waals surface area contributed by atoms with Crippen molar-refractivity contribution in [3.63, 3.8) is 0 Å². The first-order chi connectivity index (χ1) is 13.9. The molecular formula is C21H26N2O5S. The number of methoxy groups -OCH3 is 2. The molecule has 2 aromatic rings. The van der Waals surface area contributed by atoms with Gasteiger partial charge in [-0.05, 0) is 42.7 Å². The minimum absolute atomic E-state index is 0.0687. The second-order valence-corrected chi connectivity index (χ2v) is 8.97. The molecule has 156 valence electrons. The summed E-state index contributed by atoms with van der Waals surface area (Å²) in [6.45, 7) is 0.862. The molecule has 1 aliphatic rings. The fourth-order valence-electron chi connectivity index (χ4n) is 3.52. The zero-order valence-electron chi connectivity index (χ0n) is 16.6. The van der Waals surface area contributed by atoms with Gasteiger partial charge in [0, 0.05) is 19.1 Å². The first-order valence-corrected chi connectivity index (χ1v) is 11.1. The minimum Gasteiger partial charge on any atom is -0.493 e. The van der Waals surface area contributed by atoms with Crippen molar-refractivity contribution >= 4 is 15.9 Å². The monoisotopic (exact) mass is 418 g/mol. The molecule has 0 spiro atoms. The van der Waals surface area contributed by atoms with Gasteiger partial charge in [0.1, 0.15) is 0 Å². The number of rotatable bonds is 7. The summed E-state index contributed by atoms with van der Waals surface area (Å²) in [5.41, 5.74) is 0.864. The molecule has 1 N–H and O–H groups in total. The first-order valence-electron chi connectivity index (χ1n) is 9.48. The van der Waals surface area contributed by atoms with Crippen LogP contribution in [0.3, 0.4) is 0 Å². The highest BCUT2D eigenvalue weighted by atomic mass is 32.2. The molecular weight excluding hydrogens is 392 g/mol. The largest absolute Gasteiger partial charge is 0.493 e. The van der Waals surface area contributed by atoms with Crippen molar-refractivity contribution in [3.05, 3.63) is 54.1 Å².